The van der Waals surface area contributed by atoms with Crippen LogP contribution in [-0.4, -0.2) is 14.5 Å². The van der Waals surface area contributed by atoms with Crippen molar-refractivity contribution < 1.29 is 26.3 Å². The molecule has 0 spiro atoms. The van der Waals surface area contributed by atoms with E-state index in [1.54, 1.807) is 0 Å². The van der Waals surface area contributed by atoms with Gasteiger partial charge in [0.25, 0.3) is 5.56 Å². The first kappa shape index (κ1) is 23.6. The minimum Gasteiger partial charge on any atom is -0.309 e. The largest absolute Gasteiger partial charge is 0.435 e. The third-order valence-electron chi connectivity index (χ3n) is 4.95. The lowest BCUT2D eigenvalue weighted by atomic mass is 9.89. The van der Waals surface area contributed by atoms with Crippen molar-refractivity contribution in [1.29, 1.82) is 0 Å². The monoisotopic (exact) mass is 488 g/mol. The van der Waals surface area contributed by atoms with Crippen LogP contribution in [-0.2, 0) is 18.9 Å². The van der Waals surface area contributed by atoms with Crippen LogP contribution >= 0.6 is 23.2 Å². The zero-order valence-corrected chi connectivity index (χ0v) is 17.3. The highest BCUT2D eigenvalue weighted by atomic mass is 35.5. The van der Waals surface area contributed by atoms with E-state index in [9.17, 15) is 31.1 Å². The number of anilines is 2. The van der Waals surface area contributed by atoms with E-state index in [0.717, 1.165) is 36.7 Å². The van der Waals surface area contributed by atoms with Crippen LogP contribution in [0.15, 0.2) is 17.1 Å². The van der Waals surface area contributed by atoms with Crippen LogP contribution in [0.25, 0.3) is 0 Å². The summed E-state index contributed by atoms with van der Waals surface area (Å²) >= 11 is 11.5. The number of hydrogen-bond donors (Lipinski definition) is 1. The highest BCUT2D eigenvalue weighted by molar-refractivity contribution is 6.33. The van der Waals surface area contributed by atoms with Gasteiger partial charge >= 0.3 is 12.4 Å². The quantitative estimate of drug-likeness (QED) is 0.512. The Morgan fingerprint density at radius 3 is 2.26 bits per heavy atom. The fraction of sp³-hybridized carbons (Fsp3) is 0.500. The van der Waals surface area contributed by atoms with E-state index in [4.69, 9.17) is 23.2 Å². The van der Waals surface area contributed by atoms with Crippen LogP contribution in [0, 0.1) is 5.92 Å². The van der Waals surface area contributed by atoms with Crippen molar-refractivity contribution in [3.8, 4) is 0 Å². The van der Waals surface area contributed by atoms with Gasteiger partial charge in [-0.05, 0) is 24.8 Å². The van der Waals surface area contributed by atoms with E-state index in [1.165, 1.54) is 0 Å². The lowest BCUT2D eigenvalue weighted by Gasteiger charge is -2.24. The molecule has 0 radical (unpaired) electrons. The first-order chi connectivity index (χ1) is 14.4. The van der Waals surface area contributed by atoms with Gasteiger partial charge < -0.3 is 5.32 Å². The molecular formula is C18H16Cl2F6N4O. The Hall–Kier alpha value is -2.01. The van der Waals surface area contributed by atoms with Gasteiger partial charge in [0, 0.05) is 12.7 Å². The van der Waals surface area contributed by atoms with Crippen LogP contribution in [0.1, 0.15) is 43.4 Å². The summed E-state index contributed by atoms with van der Waals surface area (Å²) in [6.07, 6.45) is -4.87. The number of hydrogen-bond acceptors (Lipinski definition) is 4. The van der Waals surface area contributed by atoms with Gasteiger partial charge in [-0.25, -0.2) is 9.97 Å². The molecule has 1 fully saturated rings. The minimum atomic E-state index is -5.02. The molecule has 2 aromatic rings. The Kier molecular flexibility index (Phi) is 6.75. The van der Waals surface area contributed by atoms with Crippen LogP contribution < -0.4 is 10.9 Å². The number of nitrogens with zero attached hydrogens (tertiary/aromatic N) is 3. The second kappa shape index (κ2) is 8.85. The molecule has 0 atom stereocenters. The predicted molar refractivity (Wildman–Crippen MR) is 103 cm³/mol. The van der Waals surface area contributed by atoms with Crippen molar-refractivity contribution in [2.24, 2.45) is 5.92 Å². The normalized spacial score (nSPS) is 15.9. The van der Waals surface area contributed by atoms with Crippen LogP contribution in [0.3, 0.4) is 0 Å². The second-order valence-corrected chi connectivity index (χ2v) is 7.98. The summed E-state index contributed by atoms with van der Waals surface area (Å²) in [5.41, 5.74) is -3.85. The lowest BCUT2D eigenvalue weighted by molar-refractivity contribution is -0.141. The van der Waals surface area contributed by atoms with Crippen LogP contribution in [0.4, 0.5) is 38.1 Å². The van der Waals surface area contributed by atoms with E-state index in [1.807, 2.05) is 0 Å². The van der Waals surface area contributed by atoms with E-state index >= 15 is 0 Å². The molecule has 2 heterocycles. The molecular weight excluding hydrogens is 473 g/mol. The molecule has 13 heteroatoms. The molecule has 1 N–H and O–H groups in total. The molecule has 0 bridgehead atoms. The topological polar surface area (TPSA) is 59.8 Å². The van der Waals surface area contributed by atoms with E-state index < -0.39 is 45.2 Å². The van der Waals surface area contributed by atoms with Crippen molar-refractivity contribution in [1.82, 2.24) is 14.5 Å². The molecule has 3 rings (SSSR count). The maximum Gasteiger partial charge on any atom is 0.435 e. The molecule has 5 nitrogen and oxygen atoms in total. The third-order valence-corrected chi connectivity index (χ3v) is 5.58. The van der Waals surface area contributed by atoms with Gasteiger partial charge in [0.1, 0.15) is 5.02 Å². The Morgan fingerprint density at radius 1 is 1.06 bits per heavy atom. The summed E-state index contributed by atoms with van der Waals surface area (Å²) in [5, 5.41) is 0.786. The molecule has 1 saturated carbocycles. The highest BCUT2D eigenvalue weighted by Crippen LogP contribution is 2.35. The number of alkyl halides is 6. The summed E-state index contributed by atoms with van der Waals surface area (Å²) in [6, 6.07) is 0.570. The standard InChI is InChI=1S/C18H16Cl2F6N4O/c19-11-6-10(17(21,22)23)7-27-14(11)29-16-28-13(18(24,25)26)12(20)15(31)30(16)8-9-4-2-1-3-5-9/h6-7,9H,1-5,8H2,(H,27,28,29). The summed E-state index contributed by atoms with van der Waals surface area (Å²) in [4.78, 5) is 19.6. The first-order valence-electron chi connectivity index (χ1n) is 9.25. The summed E-state index contributed by atoms with van der Waals surface area (Å²) < 4.78 is 79.3. The van der Waals surface area contributed by atoms with Crippen molar-refractivity contribution in [2.45, 2.75) is 51.0 Å². The number of halogens is 8. The van der Waals surface area contributed by atoms with Crippen molar-refractivity contribution >= 4 is 35.0 Å². The molecule has 0 saturated heterocycles. The number of nitrogens with one attached hydrogen (secondary N) is 1. The van der Waals surface area contributed by atoms with Crippen molar-refractivity contribution in [2.75, 3.05) is 5.32 Å². The van der Waals surface area contributed by atoms with E-state index in [2.05, 4.69) is 15.3 Å². The van der Waals surface area contributed by atoms with Crippen molar-refractivity contribution in [3.63, 3.8) is 0 Å². The SMILES string of the molecule is O=c1c(Cl)c(C(F)(F)F)nc(Nc2ncc(C(F)(F)F)cc2Cl)n1CC1CCCCC1. The van der Waals surface area contributed by atoms with Gasteiger partial charge in [-0.15, -0.1) is 0 Å². The Bertz CT molecular complexity index is 1020. The molecule has 170 valence electrons. The summed E-state index contributed by atoms with van der Waals surface area (Å²) in [5.74, 6) is -0.923. The molecule has 0 aromatic carbocycles. The number of aromatic nitrogens is 3. The molecule has 1 aliphatic rings. The Balaban J connectivity index is 2.06. The maximum absolute atomic E-state index is 13.3. The van der Waals surface area contributed by atoms with Gasteiger partial charge in [0.05, 0.1) is 10.6 Å². The minimum absolute atomic E-state index is 0.0117. The second-order valence-electron chi connectivity index (χ2n) is 7.19. The highest BCUT2D eigenvalue weighted by Gasteiger charge is 2.38. The molecule has 0 aliphatic heterocycles. The zero-order chi connectivity index (χ0) is 23.0. The van der Waals surface area contributed by atoms with Crippen molar-refractivity contribution in [3.05, 3.63) is 43.9 Å². The molecule has 2 aromatic heterocycles. The van der Waals surface area contributed by atoms with Crippen LogP contribution in [0.5, 0.6) is 0 Å². The van der Waals surface area contributed by atoms with Gasteiger partial charge in [0.2, 0.25) is 5.95 Å². The zero-order valence-electron chi connectivity index (χ0n) is 15.7. The third kappa shape index (κ3) is 5.43. The molecule has 31 heavy (non-hydrogen) atoms. The van der Waals surface area contributed by atoms with Gasteiger partial charge in [-0.1, -0.05) is 42.5 Å². The van der Waals surface area contributed by atoms with Gasteiger partial charge in [-0.3, -0.25) is 9.36 Å². The summed E-state index contributed by atoms with van der Waals surface area (Å²) in [7, 11) is 0. The number of pyridine rings is 1. The average Bonchev–Trinajstić information content (AvgIpc) is 2.68. The fourth-order valence-corrected chi connectivity index (χ4v) is 3.87. The fourth-order valence-electron chi connectivity index (χ4n) is 3.40. The van der Waals surface area contributed by atoms with Gasteiger partial charge in [0.15, 0.2) is 11.5 Å². The Morgan fingerprint density at radius 2 is 1.71 bits per heavy atom. The lowest BCUT2D eigenvalue weighted by Crippen LogP contribution is -2.31. The van der Waals surface area contributed by atoms with Gasteiger partial charge in [-0.2, -0.15) is 26.3 Å². The smallest absolute Gasteiger partial charge is 0.309 e. The average molecular weight is 489 g/mol. The molecule has 1 aliphatic carbocycles. The van der Waals surface area contributed by atoms with E-state index in [0.29, 0.717) is 12.3 Å². The first-order valence-corrected chi connectivity index (χ1v) is 10.0. The van der Waals surface area contributed by atoms with E-state index in [-0.39, 0.29) is 18.3 Å². The van der Waals surface area contributed by atoms with Crippen LogP contribution in [0.2, 0.25) is 10.0 Å². The Labute approximate surface area is 182 Å². The predicted octanol–water partition coefficient (Wildman–Crippen LogP) is 6.31. The molecule has 0 unspecified atom stereocenters. The summed E-state index contributed by atoms with van der Waals surface area (Å²) in [6.45, 7) is 0.0459. The number of rotatable bonds is 4. The molecule has 0 amide bonds. The maximum atomic E-state index is 13.3.